The molecule has 1 amide bonds. The summed E-state index contributed by atoms with van der Waals surface area (Å²) in [5, 5.41) is 0.579. The van der Waals surface area contributed by atoms with Crippen LogP contribution in [0.5, 0.6) is 0 Å². The molecule has 0 spiro atoms. The lowest BCUT2D eigenvalue weighted by Gasteiger charge is -2.21. The fraction of sp³-hybridized carbons (Fsp3) is 0.286. The van der Waals surface area contributed by atoms with Crippen LogP contribution in [0.4, 0.5) is 5.69 Å². The zero-order chi connectivity index (χ0) is 18.1. The molecule has 5 heteroatoms. The highest BCUT2D eigenvalue weighted by Crippen LogP contribution is 2.20. The van der Waals surface area contributed by atoms with E-state index >= 15 is 0 Å². The van der Waals surface area contributed by atoms with Gasteiger partial charge in [-0.1, -0.05) is 18.2 Å². The van der Waals surface area contributed by atoms with Crippen LogP contribution in [0, 0.1) is 0 Å². The molecule has 4 rings (SSSR count). The Morgan fingerprint density at radius 1 is 1.15 bits per heavy atom. The van der Waals surface area contributed by atoms with Crippen molar-refractivity contribution in [1.82, 2.24) is 9.55 Å². The molecule has 0 atom stereocenters. The van der Waals surface area contributed by atoms with Gasteiger partial charge in [0.25, 0.3) is 11.5 Å². The van der Waals surface area contributed by atoms with Crippen molar-refractivity contribution in [3.8, 4) is 0 Å². The highest BCUT2D eigenvalue weighted by Gasteiger charge is 2.19. The van der Waals surface area contributed by atoms with E-state index in [2.05, 4.69) is 4.98 Å². The monoisotopic (exact) mass is 347 g/mol. The second-order valence-electron chi connectivity index (χ2n) is 6.56. The van der Waals surface area contributed by atoms with Crippen molar-refractivity contribution in [2.24, 2.45) is 0 Å². The molecule has 26 heavy (non-hydrogen) atoms. The van der Waals surface area contributed by atoms with Gasteiger partial charge < -0.3 is 4.90 Å². The third kappa shape index (κ3) is 2.79. The summed E-state index contributed by atoms with van der Waals surface area (Å²) in [6.45, 7) is 3.25. The Balaban J connectivity index is 1.77. The van der Waals surface area contributed by atoms with E-state index < -0.39 is 0 Å². The van der Waals surface area contributed by atoms with Gasteiger partial charge in [0.05, 0.1) is 10.9 Å². The Morgan fingerprint density at radius 2 is 1.96 bits per heavy atom. The standard InChI is InChI=1S/C21H21N3O2/c1-2-23(16-8-4-3-5-9-16)20(25)15-11-12-17-18(14-15)22-19-10-6-7-13-24(19)21(17)26/h3-5,8-9,11-12,14H,2,6-7,10,13H2,1H3. The summed E-state index contributed by atoms with van der Waals surface area (Å²) in [4.78, 5) is 32.1. The third-order valence-electron chi connectivity index (χ3n) is 4.94. The fourth-order valence-electron chi connectivity index (χ4n) is 3.58. The molecule has 0 unspecified atom stereocenters. The molecule has 5 nitrogen and oxygen atoms in total. The van der Waals surface area contributed by atoms with Crippen molar-refractivity contribution in [3.63, 3.8) is 0 Å². The number of rotatable bonds is 3. The predicted octanol–water partition coefficient (Wildman–Crippen LogP) is 3.40. The zero-order valence-corrected chi connectivity index (χ0v) is 14.8. The van der Waals surface area contributed by atoms with Crippen LogP contribution in [-0.2, 0) is 13.0 Å². The smallest absolute Gasteiger partial charge is 0.261 e. The van der Waals surface area contributed by atoms with Crippen LogP contribution >= 0.6 is 0 Å². The first-order valence-electron chi connectivity index (χ1n) is 9.09. The van der Waals surface area contributed by atoms with Crippen molar-refractivity contribution in [1.29, 1.82) is 0 Å². The van der Waals surface area contributed by atoms with E-state index in [9.17, 15) is 9.59 Å². The molecule has 132 valence electrons. The highest BCUT2D eigenvalue weighted by molar-refractivity contribution is 6.07. The minimum atomic E-state index is -0.0831. The van der Waals surface area contributed by atoms with Crippen molar-refractivity contribution in [3.05, 3.63) is 70.3 Å². The SMILES string of the molecule is CCN(C(=O)c1ccc2c(=O)n3c(nc2c1)CCCC3)c1ccccc1. The number of para-hydroxylation sites is 1. The van der Waals surface area contributed by atoms with Gasteiger partial charge in [-0.2, -0.15) is 0 Å². The van der Waals surface area contributed by atoms with Gasteiger partial charge in [0.1, 0.15) is 5.82 Å². The number of anilines is 1. The van der Waals surface area contributed by atoms with Crippen LogP contribution in [0.1, 0.15) is 35.9 Å². The van der Waals surface area contributed by atoms with E-state index in [0.29, 0.717) is 23.0 Å². The molecule has 1 aliphatic heterocycles. The van der Waals surface area contributed by atoms with Crippen molar-refractivity contribution in [2.45, 2.75) is 32.7 Å². The average molecular weight is 347 g/mol. The van der Waals surface area contributed by atoms with Crippen LogP contribution in [-0.4, -0.2) is 22.0 Å². The Bertz CT molecular complexity index is 1020. The molecule has 3 aromatic rings. The maximum Gasteiger partial charge on any atom is 0.261 e. The molecule has 2 aromatic carbocycles. The lowest BCUT2D eigenvalue weighted by Crippen LogP contribution is -2.31. The molecular formula is C21H21N3O2. The first-order valence-corrected chi connectivity index (χ1v) is 9.09. The number of hydrogen-bond acceptors (Lipinski definition) is 3. The number of fused-ring (bicyclic) bond motifs is 2. The van der Waals surface area contributed by atoms with Gasteiger partial charge >= 0.3 is 0 Å². The van der Waals surface area contributed by atoms with E-state index in [1.165, 1.54) is 0 Å². The normalized spacial score (nSPS) is 13.4. The minimum Gasteiger partial charge on any atom is -0.309 e. The summed E-state index contributed by atoms with van der Waals surface area (Å²) in [7, 11) is 0. The molecule has 0 bridgehead atoms. The maximum absolute atomic E-state index is 13.0. The van der Waals surface area contributed by atoms with Crippen molar-refractivity contribution >= 4 is 22.5 Å². The lowest BCUT2D eigenvalue weighted by atomic mass is 10.1. The second kappa shape index (κ2) is 6.75. The summed E-state index contributed by atoms with van der Waals surface area (Å²) in [5.41, 5.74) is 2.02. The molecule has 0 N–H and O–H groups in total. The number of benzene rings is 2. The van der Waals surface area contributed by atoms with Gasteiger partial charge in [-0.15, -0.1) is 0 Å². The molecule has 0 aliphatic carbocycles. The maximum atomic E-state index is 13.0. The number of aromatic nitrogens is 2. The summed E-state index contributed by atoms with van der Waals surface area (Å²) in [6.07, 6.45) is 2.88. The Labute approximate surface area is 151 Å². The average Bonchev–Trinajstić information content (AvgIpc) is 2.69. The van der Waals surface area contributed by atoms with E-state index in [-0.39, 0.29) is 11.5 Å². The quantitative estimate of drug-likeness (QED) is 0.730. The largest absolute Gasteiger partial charge is 0.309 e. The molecule has 0 saturated carbocycles. The summed E-state index contributed by atoms with van der Waals surface area (Å²) in [6, 6.07) is 14.8. The molecular weight excluding hydrogens is 326 g/mol. The Kier molecular flexibility index (Phi) is 4.29. The zero-order valence-electron chi connectivity index (χ0n) is 14.8. The topological polar surface area (TPSA) is 55.2 Å². The summed E-state index contributed by atoms with van der Waals surface area (Å²) < 4.78 is 1.77. The van der Waals surface area contributed by atoms with E-state index in [1.54, 1.807) is 27.7 Å². The predicted molar refractivity (Wildman–Crippen MR) is 103 cm³/mol. The molecule has 1 aliphatic rings. The van der Waals surface area contributed by atoms with Gasteiger partial charge in [0.2, 0.25) is 0 Å². The minimum absolute atomic E-state index is 0.000828. The molecule has 1 aromatic heterocycles. The second-order valence-corrected chi connectivity index (χ2v) is 6.56. The molecule has 2 heterocycles. The third-order valence-corrected chi connectivity index (χ3v) is 4.94. The van der Waals surface area contributed by atoms with Crippen molar-refractivity contribution < 1.29 is 4.79 Å². The molecule has 0 fully saturated rings. The highest BCUT2D eigenvalue weighted by atomic mass is 16.2. The fourth-order valence-corrected chi connectivity index (χ4v) is 3.58. The van der Waals surface area contributed by atoms with Crippen LogP contribution in [0.15, 0.2) is 53.3 Å². The van der Waals surface area contributed by atoms with E-state index in [1.807, 2.05) is 37.3 Å². The van der Waals surface area contributed by atoms with Gasteiger partial charge in [-0.05, 0) is 50.1 Å². The molecule has 0 radical (unpaired) electrons. The number of carbonyl (C=O) groups is 1. The van der Waals surface area contributed by atoms with Gasteiger partial charge in [-0.3, -0.25) is 14.2 Å². The lowest BCUT2D eigenvalue weighted by molar-refractivity contribution is 0.0988. The van der Waals surface area contributed by atoms with Crippen LogP contribution < -0.4 is 10.5 Å². The first kappa shape index (κ1) is 16.5. The number of aryl methyl sites for hydroxylation is 1. The Hall–Kier alpha value is -2.95. The number of hydrogen-bond donors (Lipinski definition) is 0. The summed E-state index contributed by atoms with van der Waals surface area (Å²) >= 11 is 0. The van der Waals surface area contributed by atoms with Crippen LogP contribution in [0.2, 0.25) is 0 Å². The van der Waals surface area contributed by atoms with Crippen molar-refractivity contribution in [2.75, 3.05) is 11.4 Å². The first-order chi connectivity index (χ1) is 12.7. The van der Waals surface area contributed by atoms with E-state index in [4.69, 9.17) is 0 Å². The van der Waals surface area contributed by atoms with Gasteiger partial charge in [0.15, 0.2) is 0 Å². The number of carbonyl (C=O) groups excluding carboxylic acids is 1. The number of amides is 1. The Morgan fingerprint density at radius 3 is 2.73 bits per heavy atom. The van der Waals surface area contributed by atoms with Crippen LogP contribution in [0.3, 0.4) is 0 Å². The summed E-state index contributed by atoms with van der Waals surface area (Å²) in [5.74, 6) is 0.744. The molecule has 0 saturated heterocycles. The van der Waals surface area contributed by atoms with Crippen LogP contribution in [0.25, 0.3) is 10.9 Å². The van der Waals surface area contributed by atoms with Gasteiger partial charge in [0, 0.05) is 30.8 Å². The van der Waals surface area contributed by atoms with E-state index in [0.717, 1.165) is 37.3 Å². The number of nitrogens with zero attached hydrogens (tertiary/aromatic N) is 3. The van der Waals surface area contributed by atoms with Gasteiger partial charge in [-0.25, -0.2) is 4.98 Å².